The van der Waals surface area contributed by atoms with Gasteiger partial charge < -0.3 is 15.3 Å². The average Bonchev–Trinajstić information content (AvgIpc) is 2.41. The number of rotatable bonds is 1. The van der Waals surface area contributed by atoms with E-state index in [1.54, 1.807) is 18.0 Å². The van der Waals surface area contributed by atoms with Crippen molar-refractivity contribution in [2.45, 2.75) is 10.1 Å². The number of hydrogen-bond donors (Lipinski definition) is 3. The van der Waals surface area contributed by atoms with Gasteiger partial charge in [-0.2, -0.15) is 0 Å². The first-order valence-corrected chi connectivity index (χ1v) is 6.43. The number of aromatic nitrogens is 2. The molecule has 1 aliphatic heterocycles. The summed E-state index contributed by atoms with van der Waals surface area (Å²) in [6.45, 7) is 0.712. The zero-order valence-corrected chi connectivity index (χ0v) is 10.2. The maximum absolute atomic E-state index is 11.3. The Morgan fingerprint density at radius 2 is 2.00 bits per heavy atom. The summed E-state index contributed by atoms with van der Waals surface area (Å²) in [7, 11) is 0. The van der Waals surface area contributed by atoms with Crippen LogP contribution < -0.4 is 16.4 Å². The molecule has 1 unspecified atom stereocenters. The Balaban J connectivity index is 1.94. The highest BCUT2D eigenvalue weighted by atomic mass is 32.2. The van der Waals surface area contributed by atoms with Crippen LogP contribution in [0.3, 0.4) is 0 Å². The first-order chi connectivity index (χ1) is 8.74. The molecule has 2 aromatic rings. The second kappa shape index (κ2) is 4.38. The third-order valence-corrected chi connectivity index (χ3v) is 4.12. The van der Waals surface area contributed by atoms with Gasteiger partial charge >= 0.3 is 11.1 Å². The van der Waals surface area contributed by atoms with Crippen molar-refractivity contribution in [2.24, 2.45) is 0 Å². The van der Waals surface area contributed by atoms with Crippen molar-refractivity contribution in [3.8, 4) is 0 Å². The van der Waals surface area contributed by atoms with Gasteiger partial charge in [0.15, 0.2) is 0 Å². The second-order valence-electron chi connectivity index (χ2n) is 4.01. The zero-order valence-electron chi connectivity index (χ0n) is 9.40. The molecule has 0 amide bonds. The van der Waals surface area contributed by atoms with Crippen LogP contribution in [0.4, 0.5) is 5.69 Å². The highest BCUT2D eigenvalue weighted by Crippen LogP contribution is 2.41. The summed E-state index contributed by atoms with van der Waals surface area (Å²) in [6.07, 6.45) is 1.57. The summed E-state index contributed by atoms with van der Waals surface area (Å²) in [4.78, 5) is 28.5. The lowest BCUT2D eigenvalue weighted by Gasteiger charge is -2.25. The van der Waals surface area contributed by atoms with Gasteiger partial charge in [-0.3, -0.25) is 9.59 Å². The van der Waals surface area contributed by atoms with Crippen LogP contribution in [-0.2, 0) is 0 Å². The summed E-state index contributed by atoms with van der Waals surface area (Å²) in [5.41, 5.74) is 0.608. The van der Waals surface area contributed by atoms with Crippen molar-refractivity contribution < 1.29 is 0 Å². The van der Waals surface area contributed by atoms with Gasteiger partial charge in [0.2, 0.25) is 0 Å². The highest BCUT2D eigenvalue weighted by molar-refractivity contribution is 7.99. The molecular weight excluding hydrogens is 250 g/mol. The van der Waals surface area contributed by atoms with Crippen molar-refractivity contribution in [2.75, 3.05) is 11.9 Å². The Labute approximate surface area is 107 Å². The number of aromatic amines is 2. The third kappa shape index (κ3) is 1.95. The minimum Gasteiger partial charge on any atom is -0.383 e. The maximum atomic E-state index is 11.3. The molecular formula is C12H11N3O2S. The Morgan fingerprint density at radius 3 is 2.83 bits per heavy atom. The fourth-order valence-corrected chi connectivity index (χ4v) is 3.04. The maximum Gasteiger partial charge on any atom is 0.313 e. The average molecular weight is 261 g/mol. The van der Waals surface area contributed by atoms with Crippen LogP contribution in [0, 0.1) is 0 Å². The van der Waals surface area contributed by atoms with E-state index in [0.29, 0.717) is 6.54 Å². The van der Waals surface area contributed by atoms with Crippen LogP contribution >= 0.6 is 11.8 Å². The van der Waals surface area contributed by atoms with E-state index in [4.69, 9.17) is 0 Å². The normalized spacial score (nSPS) is 17.9. The fourth-order valence-electron chi connectivity index (χ4n) is 1.89. The molecule has 1 aliphatic rings. The van der Waals surface area contributed by atoms with Crippen LogP contribution in [0.5, 0.6) is 0 Å². The summed E-state index contributed by atoms with van der Waals surface area (Å²) in [5, 5.41) is 3.40. The molecule has 3 rings (SSSR count). The number of thioether (sulfide) groups is 1. The number of nitrogens with one attached hydrogen (secondary N) is 3. The molecule has 0 bridgehead atoms. The predicted molar refractivity (Wildman–Crippen MR) is 71.2 cm³/mol. The number of H-pyrrole nitrogens is 2. The fraction of sp³-hybridized carbons (Fsp3) is 0.167. The first kappa shape index (κ1) is 11.2. The Hall–Kier alpha value is -1.95. The summed E-state index contributed by atoms with van der Waals surface area (Å²) in [6, 6.07) is 8.01. The summed E-state index contributed by atoms with van der Waals surface area (Å²) >= 11 is 1.67. The highest BCUT2D eigenvalue weighted by Gasteiger charge is 2.21. The molecule has 92 valence electrons. The van der Waals surface area contributed by atoms with Gasteiger partial charge in [-0.05, 0) is 12.1 Å². The molecule has 0 saturated heterocycles. The smallest absolute Gasteiger partial charge is 0.313 e. The van der Waals surface area contributed by atoms with Crippen LogP contribution in [0.1, 0.15) is 10.9 Å². The molecule has 5 nitrogen and oxygen atoms in total. The van der Waals surface area contributed by atoms with Gasteiger partial charge in [0.25, 0.3) is 0 Å². The van der Waals surface area contributed by atoms with Crippen molar-refractivity contribution in [3.05, 3.63) is 56.9 Å². The molecule has 0 spiro atoms. The first-order valence-electron chi connectivity index (χ1n) is 5.55. The molecule has 0 saturated carbocycles. The molecule has 1 atom stereocenters. The minimum absolute atomic E-state index is 0.0875. The summed E-state index contributed by atoms with van der Waals surface area (Å²) in [5.74, 6) is 0. The number of fused-ring (bicyclic) bond motifs is 1. The van der Waals surface area contributed by atoms with E-state index in [-0.39, 0.29) is 5.25 Å². The van der Waals surface area contributed by atoms with E-state index in [2.05, 4.69) is 15.3 Å². The van der Waals surface area contributed by atoms with Crippen LogP contribution in [0.2, 0.25) is 0 Å². The molecule has 0 fully saturated rings. The van der Waals surface area contributed by atoms with Gasteiger partial charge in [-0.1, -0.05) is 12.1 Å². The van der Waals surface area contributed by atoms with E-state index >= 15 is 0 Å². The molecule has 0 aliphatic carbocycles. The zero-order chi connectivity index (χ0) is 12.5. The quantitative estimate of drug-likeness (QED) is 0.677. The van der Waals surface area contributed by atoms with E-state index in [1.807, 2.05) is 24.3 Å². The van der Waals surface area contributed by atoms with Gasteiger partial charge in [-0.15, -0.1) is 11.8 Å². The molecule has 6 heteroatoms. The van der Waals surface area contributed by atoms with E-state index in [9.17, 15) is 9.59 Å². The molecule has 1 aromatic carbocycles. The molecule has 18 heavy (non-hydrogen) atoms. The number of hydrogen-bond acceptors (Lipinski definition) is 4. The van der Waals surface area contributed by atoms with Crippen molar-refractivity contribution in [1.29, 1.82) is 0 Å². The van der Waals surface area contributed by atoms with Gasteiger partial charge in [-0.25, -0.2) is 0 Å². The summed E-state index contributed by atoms with van der Waals surface area (Å²) < 4.78 is 0. The van der Waals surface area contributed by atoms with E-state index in [0.717, 1.165) is 16.3 Å². The van der Waals surface area contributed by atoms with Gasteiger partial charge in [0.05, 0.1) is 5.25 Å². The lowest BCUT2D eigenvalue weighted by Crippen LogP contribution is -2.31. The second-order valence-corrected chi connectivity index (χ2v) is 5.26. The van der Waals surface area contributed by atoms with E-state index < -0.39 is 11.1 Å². The lowest BCUT2D eigenvalue weighted by atomic mass is 10.2. The SMILES string of the molecule is O=c1[nH]cc(C2CNc3ccccc3S2)[nH]c1=O. The van der Waals surface area contributed by atoms with Crippen LogP contribution in [0.15, 0.2) is 44.9 Å². The van der Waals surface area contributed by atoms with Gasteiger partial charge in [0, 0.05) is 29.0 Å². The Bertz CT molecular complexity index is 692. The van der Waals surface area contributed by atoms with Gasteiger partial charge in [0.1, 0.15) is 0 Å². The molecule has 1 aromatic heterocycles. The van der Waals surface area contributed by atoms with Crippen molar-refractivity contribution in [3.63, 3.8) is 0 Å². The van der Waals surface area contributed by atoms with E-state index in [1.165, 1.54) is 0 Å². The third-order valence-electron chi connectivity index (χ3n) is 2.80. The Kier molecular flexibility index (Phi) is 2.71. The Morgan fingerprint density at radius 1 is 1.17 bits per heavy atom. The monoisotopic (exact) mass is 261 g/mol. The van der Waals surface area contributed by atoms with Crippen LogP contribution in [0.25, 0.3) is 0 Å². The van der Waals surface area contributed by atoms with Crippen molar-refractivity contribution in [1.82, 2.24) is 9.97 Å². The molecule has 3 N–H and O–H groups in total. The lowest BCUT2D eigenvalue weighted by molar-refractivity contribution is 0.879. The standard InChI is InChI=1S/C12H11N3O2S/c16-11-12(17)15-8(5-14-11)10-6-13-7-3-1-2-4-9(7)18-10/h1-5,10,13H,6H2,(H,14,16)(H,15,17). The van der Waals surface area contributed by atoms with Crippen LogP contribution in [-0.4, -0.2) is 16.5 Å². The topological polar surface area (TPSA) is 77.8 Å². The molecule has 0 radical (unpaired) electrons. The predicted octanol–water partition coefficient (Wildman–Crippen LogP) is 1.32. The molecule has 2 heterocycles. The number of benzene rings is 1. The van der Waals surface area contributed by atoms with Crippen molar-refractivity contribution >= 4 is 17.4 Å². The minimum atomic E-state index is -0.618. The number of anilines is 1. The number of para-hydroxylation sites is 1. The largest absolute Gasteiger partial charge is 0.383 e.